The van der Waals surface area contributed by atoms with Crippen LogP contribution in [0.1, 0.15) is 25.6 Å². The van der Waals surface area contributed by atoms with E-state index in [1.165, 1.54) is 0 Å². The molecule has 92 valence electrons. The third-order valence-electron chi connectivity index (χ3n) is 2.73. The zero-order valence-electron chi connectivity index (χ0n) is 10.6. The maximum absolute atomic E-state index is 5.94. The molecular weight excluding hydrogens is 230 g/mol. The second-order valence-corrected chi connectivity index (χ2v) is 7.43. The molecule has 5 nitrogen and oxygen atoms in total. The lowest BCUT2D eigenvalue weighted by atomic mass is 10.2. The summed E-state index contributed by atoms with van der Waals surface area (Å²) in [5.74, 6) is 1.49. The maximum Gasteiger partial charge on any atom is 0.182 e. The predicted molar refractivity (Wildman–Crippen MR) is 73.2 cm³/mol. The first-order chi connectivity index (χ1) is 8.11. The predicted octanol–water partition coefficient (Wildman–Crippen LogP) is 0.971. The Hall–Kier alpha value is -1.43. The zero-order valence-corrected chi connectivity index (χ0v) is 11.8. The van der Waals surface area contributed by atoms with Gasteiger partial charge in [-0.05, 0) is 6.42 Å². The van der Waals surface area contributed by atoms with Crippen molar-refractivity contribution >= 4 is 31.2 Å². The van der Waals surface area contributed by atoms with E-state index in [0.29, 0.717) is 5.82 Å². The standard InChI is InChI=1S/C11H19N5Si/c1-4-5-6-7-13-8-9(12)15-11(17(2)3)16-10(8)14-7/h17H,4-6H2,1-3H3,(H3,12,13,14,15,16). The van der Waals surface area contributed by atoms with Crippen molar-refractivity contribution in [3.63, 3.8) is 0 Å². The number of H-pyrrole nitrogens is 1. The second-order valence-electron chi connectivity index (χ2n) is 4.61. The van der Waals surface area contributed by atoms with E-state index in [4.69, 9.17) is 5.73 Å². The van der Waals surface area contributed by atoms with E-state index in [2.05, 4.69) is 40.0 Å². The summed E-state index contributed by atoms with van der Waals surface area (Å²) in [5.41, 5.74) is 8.34. The lowest BCUT2D eigenvalue weighted by Crippen LogP contribution is -2.30. The summed E-state index contributed by atoms with van der Waals surface area (Å²) in [6, 6.07) is 0. The molecule has 6 heteroatoms. The molecule has 2 rings (SSSR count). The van der Waals surface area contributed by atoms with Gasteiger partial charge < -0.3 is 10.7 Å². The van der Waals surface area contributed by atoms with Crippen molar-refractivity contribution in [3.8, 4) is 0 Å². The minimum atomic E-state index is -1.03. The summed E-state index contributed by atoms with van der Waals surface area (Å²) in [4.78, 5) is 16.6. The van der Waals surface area contributed by atoms with E-state index in [9.17, 15) is 0 Å². The van der Waals surface area contributed by atoms with Crippen LogP contribution in [0.15, 0.2) is 0 Å². The molecule has 2 heterocycles. The van der Waals surface area contributed by atoms with Crippen molar-refractivity contribution in [1.82, 2.24) is 19.9 Å². The molecule has 0 aliphatic rings. The van der Waals surface area contributed by atoms with Crippen LogP contribution in [0.3, 0.4) is 0 Å². The Morgan fingerprint density at radius 2 is 2.00 bits per heavy atom. The van der Waals surface area contributed by atoms with Gasteiger partial charge >= 0.3 is 0 Å². The number of unbranched alkanes of at least 4 members (excludes halogenated alkanes) is 1. The fourth-order valence-corrected chi connectivity index (χ4v) is 2.48. The summed E-state index contributed by atoms with van der Waals surface area (Å²) in [6.07, 6.45) is 3.22. The van der Waals surface area contributed by atoms with Gasteiger partial charge in [-0.2, -0.15) is 0 Å². The normalized spacial score (nSPS) is 11.5. The number of anilines is 1. The average Bonchev–Trinajstić information content (AvgIpc) is 2.69. The summed E-state index contributed by atoms with van der Waals surface area (Å²) in [7, 11) is -1.03. The highest BCUT2D eigenvalue weighted by Crippen LogP contribution is 2.14. The highest BCUT2D eigenvalue weighted by atomic mass is 28.3. The van der Waals surface area contributed by atoms with Crippen LogP contribution in [0.2, 0.25) is 13.1 Å². The number of imidazole rings is 1. The molecule has 0 bridgehead atoms. The van der Waals surface area contributed by atoms with Gasteiger partial charge in [0.25, 0.3) is 0 Å². The number of nitrogens with zero attached hydrogens (tertiary/aromatic N) is 3. The van der Waals surface area contributed by atoms with Crippen molar-refractivity contribution in [2.45, 2.75) is 39.3 Å². The molecule has 0 saturated carbocycles. The number of nitrogen functional groups attached to an aromatic ring is 1. The first-order valence-electron chi connectivity index (χ1n) is 6.13. The molecule has 0 aliphatic carbocycles. The third-order valence-corrected chi connectivity index (χ3v) is 4.02. The number of hydrogen-bond donors (Lipinski definition) is 2. The van der Waals surface area contributed by atoms with Crippen molar-refractivity contribution in [3.05, 3.63) is 5.82 Å². The van der Waals surface area contributed by atoms with Crippen molar-refractivity contribution in [2.24, 2.45) is 0 Å². The highest BCUT2D eigenvalue weighted by molar-refractivity contribution is 6.69. The Morgan fingerprint density at radius 3 is 2.65 bits per heavy atom. The molecule has 0 fully saturated rings. The monoisotopic (exact) mass is 249 g/mol. The van der Waals surface area contributed by atoms with Gasteiger partial charge in [0, 0.05) is 6.42 Å². The lowest BCUT2D eigenvalue weighted by molar-refractivity contribution is 0.764. The van der Waals surface area contributed by atoms with E-state index >= 15 is 0 Å². The summed E-state index contributed by atoms with van der Waals surface area (Å²) < 4.78 is 0. The van der Waals surface area contributed by atoms with Gasteiger partial charge in [0.15, 0.2) is 11.5 Å². The van der Waals surface area contributed by atoms with Gasteiger partial charge in [0.2, 0.25) is 0 Å². The van der Waals surface area contributed by atoms with Crippen molar-refractivity contribution < 1.29 is 0 Å². The average molecular weight is 249 g/mol. The number of aryl methyl sites for hydroxylation is 1. The first kappa shape index (κ1) is 12.0. The number of nitrogens with one attached hydrogen (secondary N) is 1. The van der Waals surface area contributed by atoms with E-state index in [0.717, 1.165) is 41.7 Å². The van der Waals surface area contributed by atoms with Gasteiger partial charge in [-0.3, -0.25) is 0 Å². The van der Waals surface area contributed by atoms with Gasteiger partial charge in [-0.1, -0.05) is 26.4 Å². The minimum Gasteiger partial charge on any atom is -0.382 e. The molecule has 0 spiro atoms. The molecule has 2 aromatic rings. The Morgan fingerprint density at radius 1 is 1.24 bits per heavy atom. The van der Waals surface area contributed by atoms with Gasteiger partial charge in [0.1, 0.15) is 25.6 Å². The molecule has 0 radical (unpaired) electrons. The molecule has 0 aliphatic heterocycles. The minimum absolute atomic E-state index is 0.529. The highest BCUT2D eigenvalue weighted by Gasteiger charge is 2.12. The Labute approximate surface area is 102 Å². The van der Waals surface area contributed by atoms with Crippen LogP contribution in [-0.2, 0) is 6.42 Å². The topological polar surface area (TPSA) is 80.5 Å². The Kier molecular flexibility index (Phi) is 3.42. The van der Waals surface area contributed by atoms with Crippen LogP contribution in [0, 0.1) is 0 Å². The molecule has 17 heavy (non-hydrogen) atoms. The van der Waals surface area contributed by atoms with Crippen LogP contribution in [0.5, 0.6) is 0 Å². The summed E-state index contributed by atoms with van der Waals surface area (Å²) in [6.45, 7) is 6.54. The van der Waals surface area contributed by atoms with Crippen LogP contribution >= 0.6 is 0 Å². The second kappa shape index (κ2) is 4.83. The third kappa shape index (κ3) is 2.46. The van der Waals surface area contributed by atoms with Crippen molar-refractivity contribution in [1.29, 1.82) is 0 Å². The SMILES string of the molecule is CCCCc1nc2nc([SiH](C)C)nc(N)c2[nH]1. The van der Waals surface area contributed by atoms with Crippen LogP contribution in [0.25, 0.3) is 11.2 Å². The van der Waals surface area contributed by atoms with Crippen LogP contribution in [-0.4, -0.2) is 28.7 Å². The molecule has 0 unspecified atom stereocenters. The Balaban J connectivity index is 2.42. The number of aromatic amines is 1. The van der Waals surface area contributed by atoms with Crippen LogP contribution < -0.4 is 11.2 Å². The molecule has 0 amide bonds. The molecule has 0 aromatic carbocycles. The first-order valence-corrected chi connectivity index (χ1v) is 9.02. The van der Waals surface area contributed by atoms with Gasteiger partial charge in [-0.15, -0.1) is 0 Å². The van der Waals surface area contributed by atoms with Crippen molar-refractivity contribution in [2.75, 3.05) is 5.73 Å². The number of fused-ring (bicyclic) bond motifs is 1. The van der Waals surface area contributed by atoms with E-state index in [1.54, 1.807) is 0 Å². The number of nitrogens with two attached hydrogens (primary N) is 1. The quantitative estimate of drug-likeness (QED) is 0.791. The molecule has 0 atom stereocenters. The maximum atomic E-state index is 5.94. The van der Waals surface area contributed by atoms with Gasteiger partial charge in [0.05, 0.1) is 0 Å². The largest absolute Gasteiger partial charge is 0.382 e. The fourth-order valence-electron chi connectivity index (χ4n) is 1.71. The fraction of sp³-hybridized carbons (Fsp3) is 0.545. The van der Waals surface area contributed by atoms with E-state index in [-0.39, 0.29) is 0 Å². The summed E-state index contributed by atoms with van der Waals surface area (Å²) >= 11 is 0. The summed E-state index contributed by atoms with van der Waals surface area (Å²) in [5, 5.41) is 0. The van der Waals surface area contributed by atoms with E-state index in [1.807, 2.05) is 0 Å². The molecule has 0 saturated heterocycles. The molecule has 3 N–H and O–H groups in total. The Bertz CT molecular complexity index is 520. The van der Waals surface area contributed by atoms with Gasteiger partial charge in [-0.25, -0.2) is 15.0 Å². The lowest BCUT2D eigenvalue weighted by Gasteiger charge is -2.02. The zero-order chi connectivity index (χ0) is 12.4. The smallest absolute Gasteiger partial charge is 0.182 e. The number of aromatic nitrogens is 4. The molecular formula is C11H19N5Si. The number of hydrogen-bond acceptors (Lipinski definition) is 4. The number of rotatable bonds is 4. The van der Waals surface area contributed by atoms with Crippen LogP contribution in [0.4, 0.5) is 5.82 Å². The molecule has 2 aromatic heterocycles. The van der Waals surface area contributed by atoms with E-state index < -0.39 is 8.80 Å².